The monoisotopic (exact) mass is 347 g/mol. The zero-order valence-corrected chi connectivity index (χ0v) is 12.5. The first-order valence-electron chi connectivity index (χ1n) is 6.72. The lowest BCUT2D eigenvalue weighted by atomic mass is 10.1. The molecule has 2 aromatic carbocycles. The number of aromatic hydroxyl groups is 5. The fourth-order valence-electron chi connectivity index (χ4n) is 1.97. The number of carbonyl (C=O) groups excluding carboxylic acids is 1. The van der Waals surface area contributed by atoms with Crippen LogP contribution in [0.25, 0.3) is 6.08 Å². The van der Waals surface area contributed by atoms with Crippen molar-refractivity contribution in [3.63, 3.8) is 0 Å². The quantitative estimate of drug-likeness (QED) is 0.248. The number of hydrogen-bond donors (Lipinski definition) is 7. The van der Waals surface area contributed by atoms with E-state index in [1.807, 2.05) is 0 Å². The van der Waals surface area contributed by atoms with E-state index >= 15 is 0 Å². The van der Waals surface area contributed by atoms with Crippen LogP contribution in [0.3, 0.4) is 0 Å². The Kier molecular flexibility index (Phi) is 4.69. The van der Waals surface area contributed by atoms with E-state index in [0.29, 0.717) is 0 Å². The maximum Gasteiger partial charge on any atom is 0.338 e. The maximum absolute atomic E-state index is 11.9. The lowest BCUT2D eigenvalue weighted by molar-refractivity contribution is -0.111. The SMILES string of the molecule is O=C(/C=C/c1cc(O)c(O)c(O)c1)Nc1c(O)cc(O)cc1C(=O)O. The van der Waals surface area contributed by atoms with E-state index in [1.54, 1.807) is 0 Å². The van der Waals surface area contributed by atoms with Gasteiger partial charge in [0.05, 0.1) is 11.3 Å². The topological polar surface area (TPSA) is 168 Å². The van der Waals surface area contributed by atoms with Gasteiger partial charge in [-0.05, 0) is 29.8 Å². The van der Waals surface area contributed by atoms with Gasteiger partial charge in [0, 0.05) is 12.1 Å². The van der Waals surface area contributed by atoms with Crippen LogP contribution in [-0.4, -0.2) is 42.5 Å². The van der Waals surface area contributed by atoms with Crippen molar-refractivity contribution in [2.75, 3.05) is 5.32 Å². The average molecular weight is 347 g/mol. The Labute approximate surface area is 140 Å². The number of amides is 1. The summed E-state index contributed by atoms with van der Waals surface area (Å²) in [5, 5.41) is 58.2. The summed E-state index contributed by atoms with van der Waals surface area (Å²) in [5.41, 5.74) is -0.744. The number of carbonyl (C=O) groups is 2. The molecule has 2 rings (SSSR count). The van der Waals surface area contributed by atoms with Crippen molar-refractivity contribution in [2.24, 2.45) is 0 Å². The fourth-order valence-corrected chi connectivity index (χ4v) is 1.97. The smallest absolute Gasteiger partial charge is 0.338 e. The van der Waals surface area contributed by atoms with E-state index in [1.165, 1.54) is 6.08 Å². The minimum Gasteiger partial charge on any atom is -0.508 e. The van der Waals surface area contributed by atoms with Gasteiger partial charge in [-0.1, -0.05) is 0 Å². The molecule has 0 saturated carbocycles. The Bertz CT molecular complexity index is 865. The summed E-state index contributed by atoms with van der Waals surface area (Å²) in [6.07, 6.45) is 2.12. The third kappa shape index (κ3) is 3.91. The summed E-state index contributed by atoms with van der Waals surface area (Å²) < 4.78 is 0. The van der Waals surface area contributed by atoms with Crippen molar-refractivity contribution in [1.82, 2.24) is 0 Å². The Hall–Kier alpha value is -3.88. The molecule has 25 heavy (non-hydrogen) atoms. The molecule has 0 atom stereocenters. The van der Waals surface area contributed by atoms with E-state index in [0.717, 1.165) is 30.3 Å². The van der Waals surface area contributed by atoms with Crippen LogP contribution in [0, 0.1) is 0 Å². The third-order valence-corrected chi connectivity index (χ3v) is 3.10. The molecule has 0 heterocycles. The van der Waals surface area contributed by atoms with E-state index in [4.69, 9.17) is 5.11 Å². The number of phenolic OH excluding ortho intramolecular Hbond substituents is 5. The molecular formula is C16H13NO8. The van der Waals surface area contributed by atoms with Gasteiger partial charge >= 0.3 is 5.97 Å². The second-order valence-electron chi connectivity index (χ2n) is 4.92. The maximum atomic E-state index is 11.9. The van der Waals surface area contributed by atoms with Crippen LogP contribution >= 0.6 is 0 Å². The van der Waals surface area contributed by atoms with Gasteiger partial charge in [-0.25, -0.2) is 4.79 Å². The highest BCUT2D eigenvalue weighted by molar-refractivity contribution is 6.07. The highest BCUT2D eigenvalue weighted by Crippen LogP contribution is 2.36. The molecule has 0 saturated heterocycles. The van der Waals surface area contributed by atoms with Gasteiger partial charge in [-0.15, -0.1) is 0 Å². The number of anilines is 1. The highest BCUT2D eigenvalue weighted by Gasteiger charge is 2.17. The van der Waals surface area contributed by atoms with Crippen molar-refractivity contribution in [3.05, 3.63) is 41.5 Å². The molecule has 9 nitrogen and oxygen atoms in total. The Morgan fingerprint density at radius 3 is 2.04 bits per heavy atom. The summed E-state index contributed by atoms with van der Waals surface area (Å²) in [5.74, 6) is -5.32. The van der Waals surface area contributed by atoms with Crippen molar-refractivity contribution in [1.29, 1.82) is 0 Å². The summed E-state index contributed by atoms with van der Waals surface area (Å²) in [6.45, 7) is 0. The van der Waals surface area contributed by atoms with Crippen molar-refractivity contribution >= 4 is 23.6 Å². The predicted octanol–water partition coefficient (Wildman–Crippen LogP) is 1.56. The van der Waals surface area contributed by atoms with Crippen LogP contribution in [0.1, 0.15) is 15.9 Å². The van der Waals surface area contributed by atoms with Crippen LogP contribution in [0.5, 0.6) is 28.7 Å². The predicted molar refractivity (Wildman–Crippen MR) is 85.8 cm³/mol. The lowest BCUT2D eigenvalue weighted by Crippen LogP contribution is -2.12. The molecule has 0 unspecified atom stereocenters. The van der Waals surface area contributed by atoms with Gasteiger partial charge in [0.15, 0.2) is 17.2 Å². The summed E-state index contributed by atoms with van der Waals surface area (Å²) in [7, 11) is 0. The summed E-state index contributed by atoms with van der Waals surface area (Å²) >= 11 is 0. The first-order chi connectivity index (χ1) is 11.7. The molecule has 0 radical (unpaired) electrons. The number of carboxylic acids is 1. The lowest BCUT2D eigenvalue weighted by Gasteiger charge is -2.09. The number of phenols is 5. The van der Waals surface area contributed by atoms with Crippen LogP contribution in [0.15, 0.2) is 30.3 Å². The third-order valence-electron chi connectivity index (χ3n) is 3.10. The number of nitrogens with one attached hydrogen (secondary N) is 1. The van der Waals surface area contributed by atoms with Gasteiger partial charge in [-0.3, -0.25) is 4.79 Å². The second kappa shape index (κ2) is 6.71. The molecule has 9 heteroatoms. The molecule has 1 amide bonds. The fraction of sp³-hybridized carbons (Fsp3) is 0. The minimum absolute atomic E-state index is 0.177. The van der Waals surface area contributed by atoms with E-state index in [-0.39, 0.29) is 5.56 Å². The zero-order chi connectivity index (χ0) is 18.7. The van der Waals surface area contributed by atoms with Gasteiger partial charge in [0.1, 0.15) is 11.5 Å². The molecule has 130 valence electrons. The standard InChI is InChI=1S/C16H13NO8/c18-8-5-9(16(24)25)14(10(19)6-8)17-13(22)2-1-7-3-11(20)15(23)12(21)4-7/h1-6,18-21,23H,(H,17,22)(H,24,25)/b2-1+. The molecule has 0 fully saturated rings. The molecule has 0 aliphatic rings. The zero-order valence-electron chi connectivity index (χ0n) is 12.5. The molecule has 7 N–H and O–H groups in total. The van der Waals surface area contributed by atoms with E-state index < -0.39 is 51.9 Å². The molecule has 0 aliphatic heterocycles. The molecule has 0 bridgehead atoms. The number of benzene rings is 2. The van der Waals surface area contributed by atoms with E-state index in [9.17, 15) is 35.1 Å². The first kappa shape index (κ1) is 17.5. The number of rotatable bonds is 4. The van der Waals surface area contributed by atoms with Crippen LogP contribution in [0.4, 0.5) is 5.69 Å². The highest BCUT2D eigenvalue weighted by atomic mass is 16.4. The summed E-state index contributed by atoms with van der Waals surface area (Å²) in [6, 6.07) is 3.89. The van der Waals surface area contributed by atoms with Crippen molar-refractivity contribution < 1.29 is 40.2 Å². The number of aromatic carboxylic acids is 1. The van der Waals surface area contributed by atoms with Crippen molar-refractivity contribution in [2.45, 2.75) is 0 Å². The Morgan fingerprint density at radius 1 is 0.880 bits per heavy atom. The largest absolute Gasteiger partial charge is 0.508 e. The van der Waals surface area contributed by atoms with Crippen LogP contribution in [-0.2, 0) is 4.79 Å². The van der Waals surface area contributed by atoms with Gasteiger partial charge in [0.25, 0.3) is 0 Å². The van der Waals surface area contributed by atoms with Gasteiger partial charge in [0.2, 0.25) is 5.91 Å². The molecule has 0 aliphatic carbocycles. The van der Waals surface area contributed by atoms with Crippen LogP contribution in [0.2, 0.25) is 0 Å². The Morgan fingerprint density at radius 2 is 1.48 bits per heavy atom. The Balaban J connectivity index is 2.25. The first-order valence-corrected chi connectivity index (χ1v) is 6.72. The molecular weight excluding hydrogens is 334 g/mol. The average Bonchev–Trinajstić information content (AvgIpc) is 2.52. The summed E-state index contributed by atoms with van der Waals surface area (Å²) in [4.78, 5) is 23.0. The van der Waals surface area contributed by atoms with Gasteiger partial charge < -0.3 is 36.0 Å². The van der Waals surface area contributed by atoms with Crippen molar-refractivity contribution in [3.8, 4) is 28.7 Å². The molecule has 0 aromatic heterocycles. The minimum atomic E-state index is -1.47. The second-order valence-corrected chi connectivity index (χ2v) is 4.92. The number of carboxylic acid groups (broad SMARTS) is 1. The molecule has 0 spiro atoms. The van der Waals surface area contributed by atoms with Crippen LogP contribution < -0.4 is 5.32 Å². The molecule has 2 aromatic rings. The van der Waals surface area contributed by atoms with Gasteiger partial charge in [-0.2, -0.15) is 0 Å². The number of hydrogen-bond acceptors (Lipinski definition) is 7. The normalized spacial score (nSPS) is 10.7. The van der Waals surface area contributed by atoms with E-state index in [2.05, 4.69) is 5.32 Å².